The van der Waals surface area contributed by atoms with Crippen LogP contribution in [-0.4, -0.2) is 4.90 Å². The van der Waals surface area contributed by atoms with E-state index in [9.17, 15) is 4.39 Å². The summed E-state index contributed by atoms with van der Waals surface area (Å²) in [6.45, 7) is 1.41. The van der Waals surface area contributed by atoms with E-state index in [-0.39, 0.29) is 5.82 Å². The van der Waals surface area contributed by atoms with Crippen LogP contribution in [0, 0.1) is 12.9 Å². The first kappa shape index (κ1) is 6.80. The standard InChI is InChI=1S/C9H9FN/c1-11-5-7-3-2-4-9(10)8(7)6-11/h2-4H,1,5-6H2/q-1. The molecule has 1 aliphatic heterocycles. The Morgan fingerprint density at radius 3 is 2.91 bits per heavy atom. The van der Waals surface area contributed by atoms with Crippen molar-refractivity contribution >= 4 is 0 Å². The quantitative estimate of drug-likeness (QED) is 0.511. The molecule has 0 amide bonds. The topological polar surface area (TPSA) is 3.24 Å². The van der Waals surface area contributed by atoms with Gasteiger partial charge in [-0.3, -0.25) is 7.05 Å². The average molecular weight is 150 g/mol. The van der Waals surface area contributed by atoms with Crippen LogP contribution in [0.1, 0.15) is 11.1 Å². The number of benzene rings is 1. The van der Waals surface area contributed by atoms with E-state index in [2.05, 4.69) is 7.05 Å². The lowest BCUT2D eigenvalue weighted by molar-refractivity contribution is 0.389. The number of fused-ring (bicyclic) bond motifs is 1. The van der Waals surface area contributed by atoms with Gasteiger partial charge in [0, 0.05) is 5.56 Å². The zero-order valence-corrected chi connectivity index (χ0v) is 6.18. The van der Waals surface area contributed by atoms with Gasteiger partial charge in [-0.2, -0.15) is 0 Å². The molecule has 0 aliphatic carbocycles. The minimum atomic E-state index is -0.103. The average Bonchev–Trinajstić information content (AvgIpc) is 2.31. The van der Waals surface area contributed by atoms with Crippen molar-refractivity contribution in [3.63, 3.8) is 0 Å². The maximum Gasteiger partial charge on any atom is 0.127 e. The predicted molar refractivity (Wildman–Crippen MR) is 41.0 cm³/mol. The van der Waals surface area contributed by atoms with Crippen molar-refractivity contribution in [1.82, 2.24) is 4.90 Å². The Hall–Kier alpha value is -0.890. The minimum Gasteiger partial charge on any atom is -0.452 e. The summed E-state index contributed by atoms with van der Waals surface area (Å²) in [6, 6.07) is 5.19. The highest BCUT2D eigenvalue weighted by atomic mass is 19.1. The summed E-state index contributed by atoms with van der Waals surface area (Å²) in [5.41, 5.74) is 1.88. The highest BCUT2D eigenvalue weighted by Crippen LogP contribution is 2.23. The van der Waals surface area contributed by atoms with Gasteiger partial charge in [0.25, 0.3) is 0 Å². The maximum atomic E-state index is 13.0. The van der Waals surface area contributed by atoms with E-state index >= 15 is 0 Å². The van der Waals surface area contributed by atoms with E-state index in [0.29, 0.717) is 6.54 Å². The fraction of sp³-hybridized carbons (Fsp3) is 0.222. The second-order valence-corrected chi connectivity index (χ2v) is 2.86. The molecule has 0 N–H and O–H groups in total. The van der Waals surface area contributed by atoms with E-state index in [1.54, 1.807) is 6.07 Å². The van der Waals surface area contributed by atoms with Crippen LogP contribution in [0.3, 0.4) is 0 Å². The summed E-state index contributed by atoms with van der Waals surface area (Å²) >= 11 is 0. The number of halogens is 1. The Morgan fingerprint density at radius 2 is 2.18 bits per heavy atom. The zero-order valence-electron chi connectivity index (χ0n) is 6.18. The smallest absolute Gasteiger partial charge is 0.127 e. The molecule has 0 saturated heterocycles. The summed E-state index contributed by atoms with van der Waals surface area (Å²) in [7, 11) is 3.76. The van der Waals surface area contributed by atoms with Gasteiger partial charge in [0.15, 0.2) is 0 Å². The highest BCUT2D eigenvalue weighted by molar-refractivity contribution is 5.31. The second kappa shape index (κ2) is 2.31. The lowest BCUT2D eigenvalue weighted by Gasteiger charge is -2.14. The van der Waals surface area contributed by atoms with Crippen LogP contribution in [-0.2, 0) is 13.1 Å². The molecule has 11 heavy (non-hydrogen) atoms. The van der Waals surface area contributed by atoms with Crippen LogP contribution >= 0.6 is 0 Å². The molecular formula is C9H9FN-. The molecule has 0 spiro atoms. The van der Waals surface area contributed by atoms with Gasteiger partial charge in [-0.1, -0.05) is 12.1 Å². The van der Waals surface area contributed by atoms with E-state index in [4.69, 9.17) is 0 Å². The first-order chi connectivity index (χ1) is 5.27. The molecule has 0 bridgehead atoms. The summed E-state index contributed by atoms with van der Waals surface area (Å²) in [6.07, 6.45) is 0. The molecule has 1 aromatic carbocycles. The van der Waals surface area contributed by atoms with Crippen molar-refractivity contribution in [3.8, 4) is 0 Å². The second-order valence-electron chi connectivity index (χ2n) is 2.86. The Kier molecular flexibility index (Phi) is 1.43. The molecule has 0 radical (unpaired) electrons. The van der Waals surface area contributed by atoms with E-state index in [1.807, 2.05) is 11.0 Å². The third-order valence-electron chi connectivity index (χ3n) is 1.99. The van der Waals surface area contributed by atoms with Gasteiger partial charge in [-0.05, 0) is 24.7 Å². The van der Waals surface area contributed by atoms with Crippen molar-refractivity contribution in [1.29, 1.82) is 0 Å². The number of hydrogen-bond donors (Lipinski definition) is 0. The molecule has 1 heterocycles. The van der Waals surface area contributed by atoms with Crippen molar-refractivity contribution in [2.75, 3.05) is 0 Å². The SMILES string of the molecule is [CH2-]N1Cc2cccc(F)c2C1. The van der Waals surface area contributed by atoms with Crippen molar-refractivity contribution in [2.24, 2.45) is 0 Å². The first-order valence-electron chi connectivity index (χ1n) is 3.59. The molecule has 2 heteroatoms. The lowest BCUT2D eigenvalue weighted by Crippen LogP contribution is -2.04. The number of hydrogen-bond acceptors (Lipinski definition) is 1. The molecule has 1 aromatic rings. The van der Waals surface area contributed by atoms with Gasteiger partial charge < -0.3 is 4.90 Å². The van der Waals surface area contributed by atoms with Crippen LogP contribution in [0.4, 0.5) is 4.39 Å². The van der Waals surface area contributed by atoms with E-state index < -0.39 is 0 Å². The summed E-state index contributed by atoms with van der Waals surface area (Å²) < 4.78 is 13.0. The number of rotatable bonds is 0. The molecule has 1 nitrogen and oxygen atoms in total. The molecule has 0 aromatic heterocycles. The van der Waals surface area contributed by atoms with Gasteiger partial charge in [0.2, 0.25) is 0 Å². The number of nitrogens with zero attached hydrogens (tertiary/aromatic N) is 1. The fourth-order valence-corrected chi connectivity index (χ4v) is 1.45. The Labute approximate surface area is 65.4 Å². The minimum absolute atomic E-state index is 0.103. The molecule has 0 unspecified atom stereocenters. The van der Waals surface area contributed by atoms with E-state index in [1.165, 1.54) is 6.07 Å². The predicted octanol–water partition coefficient (Wildman–Crippen LogP) is 1.93. The summed E-state index contributed by atoms with van der Waals surface area (Å²) in [5.74, 6) is -0.103. The third-order valence-corrected chi connectivity index (χ3v) is 1.99. The fourth-order valence-electron chi connectivity index (χ4n) is 1.45. The molecule has 0 fully saturated rings. The van der Waals surface area contributed by atoms with Gasteiger partial charge in [0.05, 0.1) is 0 Å². The van der Waals surface area contributed by atoms with Gasteiger partial charge in [-0.25, -0.2) is 4.39 Å². The molecule has 58 valence electrons. The van der Waals surface area contributed by atoms with Gasteiger partial charge in [-0.15, -0.1) is 0 Å². The van der Waals surface area contributed by atoms with Gasteiger partial charge in [0.1, 0.15) is 5.82 Å². The summed E-state index contributed by atoms with van der Waals surface area (Å²) in [4.78, 5) is 1.85. The molecular weight excluding hydrogens is 141 g/mol. The Bertz CT molecular complexity index is 283. The Morgan fingerprint density at radius 1 is 1.36 bits per heavy atom. The first-order valence-corrected chi connectivity index (χ1v) is 3.59. The maximum absolute atomic E-state index is 13.0. The van der Waals surface area contributed by atoms with Crippen molar-refractivity contribution in [3.05, 3.63) is 42.2 Å². The van der Waals surface area contributed by atoms with Crippen LogP contribution in [0.2, 0.25) is 0 Å². The molecule has 0 saturated carbocycles. The monoisotopic (exact) mass is 150 g/mol. The zero-order chi connectivity index (χ0) is 7.84. The highest BCUT2D eigenvalue weighted by Gasteiger charge is 2.14. The summed E-state index contributed by atoms with van der Waals surface area (Å²) in [5, 5.41) is 0. The van der Waals surface area contributed by atoms with Crippen molar-refractivity contribution in [2.45, 2.75) is 13.1 Å². The Balaban J connectivity index is 2.49. The molecule has 2 rings (SSSR count). The van der Waals surface area contributed by atoms with E-state index in [0.717, 1.165) is 17.7 Å². The van der Waals surface area contributed by atoms with Crippen LogP contribution in [0.15, 0.2) is 18.2 Å². The third kappa shape index (κ3) is 1.03. The lowest BCUT2D eigenvalue weighted by atomic mass is 10.1. The van der Waals surface area contributed by atoms with Crippen molar-refractivity contribution < 1.29 is 4.39 Å². The van der Waals surface area contributed by atoms with Gasteiger partial charge >= 0.3 is 0 Å². The normalized spacial score (nSPS) is 16.9. The van der Waals surface area contributed by atoms with Crippen LogP contribution in [0.25, 0.3) is 0 Å². The largest absolute Gasteiger partial charge is 0.452 e. The molecule has 1 aliphatic rings. The van der Waals surface area contributed by atoms with Crippen LogP contribution < -0.4 is 0 Å². The van der Waals surface area contributed by atoms with Crippen LogP contribution in [0.5, 0.6) is 0 Å². The molecule has 0 atom stereocenters.